The first-order valence-electron chi connectivity index (χ1n) is 7.28. The minimum absolute atomic E-state index is 0.00600. The van der Waals surface area contributed by atoms with Crippen LogP contribution in [0.25, 0.3) is 0 Å². The van der Waals surface area contributed by atoms with E-state index in [1.165, 1.54) is 6.20 Å². The number of halogens is 4. The molecule has 3 atom stereocenters. The molecule has 0 aromatic carbocycles. The standard InChI is InChI=1S/C14H21ClF3N3/c1-8(2)21-13(11(15)7-20-21)12(19)9-5-3-4-6-10(9)14(16,17)18/h7-10,12H,3-6,19H2,1-2H3. The summed E-state index contributed by atoms with van der Waals surface area (Å²) in [7, 11) is 0. The van der Waals surface area contributed by atoms with Crippen molar-refractivity contribution in [1.82, 2.24) is 9.78 Å². The molecule has 1 aromatic rings. The number of nitrogens with two attached hydrogens (primary N) is 1. The fourth-order valence-electron chi connectivity index (χ4n) is 3.27. The second kappa shape index (κ2) is 6.16. The zero-order valence-corrected chi connectivity index (χ0v) is 13.0. The Morgan fingerprint density at radius 1 is 1.33 bits per heavy atom. The van der Waals surface area contributed by atoms with Gasteiger partial charge in [0.1, 0.15) is 0 Å². The molecule has 3 nitrogen and oxygen atoms in total. The van der Waals surface area contributed by atoms with Gasteiger partial charge in [-0.1, -0.05) is 24.4 Å². The SMILES string of the molecule is CC(C)n1ncc(Cl)c1C(N)C1CCCCC1C(F)(F)F. The Labute approximate surface area is 127 Å². The van der Waals surface area contributed by atoms with Gasteiger partial charge in [0.25, 0.3) is 0 Å². The minimum Gasteiger partial charge on any atom is -0.322 e. The first-order valence-corrected chi connectivity index (χ1v) is 7.66. The highest BCUT2D eigenvalue weighted by atomic mass is 35.5. The van der Waals surface area contributed by atoms with Crippen LogP contribution in [0.3, 0.4) is 0 Å². The molecular formula is C14H21ClF3N3. The average Bonchev–Trinajstić information content (AvgIpc) is 2.79. The molecule has 1 aliphatic carbocycles. The van der Waals surface area contributed by atoms with Crippen LogP contribution < -0.4 is 5.73 Å². The largest absolute Gasteiger partial charge is 0.392 e. The molecule has 0 saturated heterocycles. The van der Waals surface area contributed by atoms with Gasteiger partial charge in [0.05, 0.1) is 28.9 Å². The van der Waals surface area contributed by atoms with Crippen LogP contribution in [0.1, 0.15) is 57.3 Å². The third-order valence-electron chi connectivity index (χ3n) is 4.29. The Morgan fingerprint density at radius 3 is 2.52 bits per heavy atom. The molecule has 0 aliphatic heterocycles. The fourth-order valence-corrected chi connectivity index (χ4v) is 3.53. The lowest BCUT2D eigenvalue weighted by Crippen LogP contribution is -2.39. The number of hydrogen-bond donors (Lipinski definition) is 1. The van der Waals surface area contributed by atoms with Crippen molar-refractivity contribution in [2.75, 3.05) is 0 Å². The highest BCUT2D eigenvalue weighted by molar-refractivity contribution is 6.31. The van der Waals surface area contributed by atoms with Gasteiger partial charge < -0.3 is 5.73 Å². The summed E-state index contributed by atoms with van der Waals surface area (Å²) in [5.41, 5.74) is 6.72. The molecule has 2 rings (SSSR count). The molecule has 0 radical (unpaired) electrons. The summed E-state index contributed by atoms with van der Waals surface area (Å²) in [5, 5.41) is 4.49. The van der Waals surface area contributed by atoms with Crippen LogP contribution in [-0.4, -0.2) is 16.0 Å². The lowest BCUT2D eigenvalue weighted by molar-refractivity contribution is -0.198. The van der Waals surface area contributed by atoms with Crippen LogP contribution in [0.4, 0.5) is 13.2 Å². The molecule has 120 valence electrons. The van der Waals surface area contributed by atoms with E-state index in [0.29, 0.717) is 23.6 Å². The van der Waals surface area contributed by atoms with Crippen molar-refractivity contribution >= 4 is 11.6 Å². The lowest BCUT2D eigenvalue weighted by atomic mass is 9.74. The van der Waals surface area contributed by atoms with E-state index in [-0.39, 0.29) is 12.5 Å². The van der Waals surface area contributed by atoms with Crippen molar-refractivity contribution < 1.29 is 13.2 Å². The monoisotopic (exact) mass is 323 g/mol. The topological polar surface area (TPSA) is 43.8 Å². The zero-order valence-electron chi connectivity index (χ0n) is 12.2. The van der Waals surface area contributed by atoms with Crippen molar-refractivity contribution in [2.24, 2.45) is 17.6 Å². The summed E-state index contributed by atoms with van der Waals surface area (Å²) in [4.78, 5) is 0. The summed E-state index contributed by atoms with van der Waals surface area (Å²) in [6.07, 6.45) is -0.747. The maximum Gasteiger partial charge on any atom is 0.392 e. The van der Waals surface area contributed by atoms with Crippen molar-refractivity contribution in [3.05, 3.63) is 16.9 Å². The molecule has 21 heavy (non-hydrogen) atoms. The Morgan fingerprint density at radius 2 is 1.95 bits per heavy atom. The molecule has 1 aliphatic rings. The molecule has 7 heteroatoms. The van der Waals surface area contributed by atoms with Crippen molar-refractivity contribution in [2.45, 2.75) is 57.8 Å². The van der Waals surface area contributed by atoms with Gasteiger partial charge in [-0.25, -0.2) is 0 Å². The molecule has 2 N–H and O–H groups in total. The third kappa shape index (κ3) is 3.37. The molecule has 0 amide bonds. The number of rotatable bonds is 3. The van der Waals surface area contributed by atoms with Crippen LogP contribution in [0.15, 0.2) is 6.20 Å². The Hall–Kier alpha value is -0.750. The second-order valence-electron chi connectivity index (χ2n) is 6.04. The smallest absolute Gasteiger partial charge is 0.322 e. The zero-order chi connectivity index (χ0) is 15.8. The van der Waals surface area contributed by atoms with Gasteiger partial charge in [-0.3, -0.25) is 4.68 Å². The summed E-state index contributed by atoms with van der Waals surface area (Å²) < 4.78 is 41.4. The van der Waals surface area contributed by atoms with Crippen molar-refractivity contribution in [3.63, 3.8) is 0 Å². The number of aromatic nitrogens is 2. The van der Waals surface area contributed by atoms with Crippen LogP contribution >= 0.6 is 11.6 Å². The molecule has 1 saturated carbocycles. The Kier molecular flexibility index (Phi) is 4.88. The normalized spacial score (nSPS) is 25.3. The van der Waals surface area contributed by atoms with Crippen LogP contribution in [0, 0.1) is 11.8 Å². The van der Waals surface area contributed by atoms with E-state index in [0.717, 1.165) is 6.42 Å². The highest BCUT2D eigenvalue weighted by Gasteiger charge is 2.48. The fraction of sp³-hybridized carbons (Fsp3) is 0.786. The predicted octanol–water partition coefficient (Wildman–Crippen LogP) is 4.49. The first-order chi connectivity index (χ1) is 9.73. The Bertz CT molecular complexity index is 484. The van der Waals surface area contributed by atoms with Gasteiger partial charge in [-0.15, -0.1) is 0 Å². The quantitative estimate of drug-likeness (QED) is 0.891. The van der Waals surface area contributed by atoms with E-state index in [1.807, 2.05) is 13.8 Å². The summed E-state index contributed by atoms with van der Waals surface area (Å²) >= 11 is 6.12. The molecule has 1 heterocycles. The summed E-state index contributed by atoms with van der Waals surface area (Å²) in [6, 6.07) is -0.735. The summed E-state index contributed by atoms with van der Waals surface area (Å²) in [5.74, 6) is -1.99. The van der Waals surface area contributed by atoms with Crippen molar-refractivity contribution in [1.29, 1.82) is 0 Å². The first kappa shape index (κ1) is 16.6. The number of alkyl halides is 3. The molecule has 1 aromatic heterocycles. The molecular weight excluding hydrogens is 303 g/mol. The maximum atomic E-state index is 13.2. The summed E-state index contributed by atoms with van der Waals surface area (Å²) in [6.45, 7) is 3.81. The minimum atomic E-state index is -4.21. The molecule has 0 spiro atoms. The van der Waals surface area contributed by atoms with Gasteiger partial charge in [0, 0.05) is 6.04 Å². The maximum absolute atomic E-state index is 13.2. The van der Waals surface area contributed by atoms with Gasteiger partial charge in [-0.05, 0) is 32.6 Å². The van der Waals surface area contributed by atoms with E-state index < -0.39 is 24.1 Å². The molecule has 1 fully saturated rings. The van der Waals surface area contributed by atoms with Crippen LogP contribution in [0.2, 0.25) is 5.02 Å². The number of nitrogens with zero attached hydrogens (tertiary/aromatic N) is 2. The number of hydrogen-bond acceptors (Lipinski definition) is 2. The van der Waals surface area contributed by atoms with Crippen LogP contribution in [-0.2, 0) is 0 Å². The molecule has 3 unspecified atom stereocenters. The predicted molar refractivity (Wildman–Crippen MR) is 76.1 cm³/mol. The Balaban J connectivity index is 2.33. The second-order valence-corrected chi connectivity index (χ2v) is 6.45. The lowest BCUT2D eigenvalue weighted by Gasteiger charge is -2.37. The van der Waals surface area contributed by atoms with Crippen LogP contribution in [0.5, 0.6) is 0 Å². The molecule has 0 bridgehead atoms. The van der Waals surface area contributed by atoms with Gasteiger partial charge in [0.2, 0.25) is 0 Å². The van der Waals surface area contributed by atoms with E-state index in [2.05, 4.69) is 5.10 Å². The third-order valence-corrected chi connectivity index (χ3v) is 4.58. The van der Waals surface area contributed by atoms with E-state index in [4.69, 9.17) is 17.3 Å². The van der Waals surface area contributed by atoms with Gasteiger partial charge in [-0.2, -0.15) is 18.3 Å². The highest BCUT2D eigenvalue weighted by Crippen LogP contribution is 2.46. The average molecular weight is 324 g/mol. The van der Waals surface area contributed by atoms with E-state index in [1.54, 1.807) is 4.68 Å². The van der Waals surface area contributed by atoms with Crippen molar-refractivity contribution in [3.8, 4) is 0 Å². The van der Waals surface area contributed by atoms with E-state index in [9.17, 15) is 13.2 Å². The van der Waals surface area contributed by atoms with Gasteiger partial charge >= 0.3 is 6.18 Å². The van der Waals surface area contributed by atoms with E-state index >= 15 is 0 Å². The van der Waals surface area contributed by atoms with Gasteiger partial charge in [0.15, 0.2) is 0 Å².